The van der Waals surface area contributed by atoms with Crippen LogP contribution in [-0.4, -0.2) is 45.1 Å². The Labute approximate surface area is 154 Å². The fourth-order valence-corrected chi connectivity index (χ4v) is 4.36. The van der Waals surface area contributed by atoms with Gasteiger partial charge in [-0.3, -0.25) is 4.79 Å². The highest BCUT2D eigenvalue weighted by molar-refractivity contribution is 7.91. The zero-order valence-electron chi connectivity index (χ0n) is 14.8. The van der Waals surface area contributed by atoms with Crippen molar-refractivity contribution in [1.29, 1.82) is 0 Å². The Morgan fingerprint density at radius 3 is 2.54 bits per heavy atom. The first-order valence-corrected chi connectivity index (χ1v) is 10.2. The quantitative estimate of drug-likeness (QED) is 0.697. The third kappa shape index (κ3) is 5.75. The minimum atomic E-state index is -3.55. The summed E-state index contributed by atoms with van der Waals surface area (Å²) in [5.41, 5.74) is 0. The molecular formula is C19H24O6S. The van der Waals surface area contributed by atoms with Gasteiger partial charge in [0.1, 0.15) is 12.4 Å². The second kappa shape index (κ2) is 9.60. The van der Waals surface area contributed by atoms with E-state index in [0.29, 0.717) is 31.8 Å². The maximum atomic E-state index is 12.5. The predicted molar refractivity (Wildman–Crippen MR) is 96.7 cm³/mol. The molecule has 1 aliphatic heterocycles. The molecule has 1 saturated heterocycles. The number of benzene rings is 1. The zero-order chi connectivity index (χ0) is 19.0. The standard InChI is InChI=1S/C19H24O6S/c1-2-3-11-25-16-4-6-17(7-5-16)26(22,23)14-10-18(19(20)21)15-8-12-24-13-9-15/h4-7,15,18H,8-14H2,1H3,(H,20,21). The number of ether oxygens (including phenoxy) is 2. The lowest BCUT2D eigenvalue weighted by atomic mass is 9.84. The second-order valence-electron chi connectivity index (χ2n) is 6.19. The highest BCUT2D eigenvalue weighted by Crippen LogP contribution is 2.28. The summed E-state index contributed by atoms with van der Waals surface area (Å²) in [6.07, 6.45) is 1.42. The molecule has 0 bridgehead atoms. The Hall–Kier alpha value is -2.04. The Bertz CT molecular complexity index is 751. The normalized spacial score (nSPS) is 16.3. The van der Waals surface area contributed by atoms with Crippen LogP contribution in [0.15, 0.2) is 29.2 Å². The van der Waals surface area contributed by atoms with Gasteiger partial charge in [0.25, 0.3) is 0 Å². The van der Waals surface area contributed by atoms with E-state index < -0.39 is 21.7 Å². The molecule has 1 heterocycles. The number of hydrogen-bond donors (Lipinski definition) is 1. The molecule has 2 rings (SSSR count). The predicted octanol–water partition coefficient (Wildman–Crippen LogP) is 2.38. The second-order valence-corrected chi connectivity index (χ2v) is 8.30. The van der Waals surface area contributed by atoms with Gasteiger partial charge in [-0.25, -0.2) is 8.42 Å². The van der Waals surface area contributed by atoms with Crippen LogP contribution in [0.25, 0.3) is 0 Å². The summed E-state index contributed by atoms with van der Waals surface area (Å²) in [6.45, 7) is 3.02. The molecule has 1 fully saturated rings. The summed E-state index contributed by atoms with van der Waals surface area (Å²) in [5, 5.41) is 9.47. The molecule has 7 heteroatoms. The lowest BCUT2D eigenvalue weighted by molar-refractivity contribution is -0.145. The van der Waals surface area contributed by atoms with Crippen LogP contribution < -0.4 is 4.74 Å². The summed E-state index contributed by atoms with van der Waals surface area (Å²) < 4.78 is 35.7. The van der Waals surface area contributed by atoms with E-state index >= 15 is 0 Å². The molecule has 6 nitrogen and oxygen atoms in total. The Kier molecular flexibility index (Phi) is 7.49. The van der Waals surface area contributed by atoms with Gasteiger partial charge < -0.3 is 14.6 Å². The molecule has 0 amide bonds. The first-order valence-electron chi connectivity index (χ1n) is 8.60. The van der Waals surface area contributed by atoms with E-state index in [-0.39, 0.29) is 29.6 Å². The van der Waals surface area contributed by atoms with E-state index in [4.69, 9.17) is 9.47 Å². The molecule has 1 aromatic carbocycles. The molecule has 1 unspecified atom stereocenters. The fraction of sp³-hybridized carbons (Fsp3) is 0.526. The van der Waals surface area contributed by atoms with Gasteiger partial charge in [0.05, 0.1) is 16.6 Å². The Morgan fingerprint density at radius 2 is 1.96 bits per heavy atom. The van der Waals surface area contributed by atoms with Gasteiger partial charge in [-0.2, -0.15) is 0 Å². The van der Waals surface area contributed by atoms with Gasteiger partial charge >= 0.3 is 5.97 Å². The van der Waals surface area contributed by atoms with E-state index in [0.717, 1.165) is 0 Å². The van der Waals surface area contributed by atoms with Crippen LogP contribution in [0.1, 0.15) is 26.2 Å². The number of aliphatic carboxylic acids is 1. The SMILES string of the molecule is CC#CCOc1ccc(S(=O)(=O)CCC(C(=O)O)C2CCOCC2)cc1. The van der Waals surface area contributed by atoms with Crippen LogP contribution in [0.3, 0.4) is 0 Å². The van der Waals surface area contributed by atoms with Crippen molar-refractivity contribution in [1.82, 2.24) is 0 Å². The molecule has 26 heavy (non-hydrogen) atoms. The fourth-order valence-electron chi connectivity index (χ4n) is 3.01. The van der Waals surface area contributed by atoms with E-state index in [1.165, 1.54) is 12.1 Å². The van der Waals surface area contributed by atoms with Crippen molar-refractivity contribution in [2.75, 3.05) is 25.6 Å². The average Bonchev–Trinajstić information content (AvgIpc) is 2.63. The van der Waals surface area contributed by atoms with Gasteiger partial charge in [-0.05, 0) is 56.4 Å². The van der Waals surface area contributed by atoms with Crippen LogP contribution in [0.4, 0.5) is 0 Å². The summed E-state index contributed by atoms with van der Waals surface area (Å²) in [5.74, 6) is 4.18. The largest absolute Gasteiger partial charge is 0.481 e. The van der Waals surface area contributed by atoms with Gasteiger partial charge in [0.15, 0.2) is 9.84 Å². The Balaban J connectivity index is 1.99. The van der Waals surface area contributed by atoms with Crippen molar-refractivity contribution in [2.45, 2.75) is 31.1 Å². The summed E-state index contributed by atoms with van der Waals surface area (Å²) in [4.78, 5) is 11.7. The van der Waals surface area contributed by atoms with Crippen molar-refractivity contribution >= 4 is 15.8 Å². The van der Waals surface area contributed by atoms with E-state index in [1.807, 2.05) is 0 Å². The third-order valence-corrected chi connectivity index (χ3v) is 6.28. The highest BCUT2D eigenvalue weighted by atomic mass is 32.2. The van der Waals surface area contributed by atoms with Crippen LogP contribution in [0.5, 0.6) is 5.75 Å². The van der Waals surface area contributed by atoms with Crippen molar-refractivity contribution in [3.63, 3.8) is 0 Å². The molecule has 1 N–H and O–H groups in total. The number of rotatable bonds is 8. The molecule has 0 saturated carbocycles. The van der Waals surface area contributed by atoms with E-state index in [9.17, 15) is 18.3 Å². The van der Waals surface area contributed by atoms with Crippen molar-refractivity contribution in [3.05, 3.63) is 24.3 Å². The number of carboxylic acid groups (broad SMARTS) is 1. The van der Waals surface area contributed by atoms with E-state index in [1.54, 1.807) is 19.1 Å². The lowest BCUT2D eigenvalue weighted by Gasteiger charge is -2.27. The highest BCUT2D eigenvalue weighted by Gasteiger charge is 2.31. The monoisotopic (exact) mass is 380 g/mol. The number of hydrogen-bond acceptors (Lipinski definition) is 5. The van der Waals surface area contributed by atoms with Gasteiger partial charge in [-0.1, -0.05) is 5.92 Å². The number of sulfone groups is 1. The molecule has 1 aromatic rings. The molecule has 0 aliphatic carbocycles. The van der Waals surface area contributed by atoms with Crippen molar-refractivity contribution < 1.29 is 27.8 Å². The Morgan fingerprint density at radius 1 is 1.31 bits per heavy atom. The van der Waals surface area contributed by atoms with Crippen molar-refractivity contribution in [2.24, 2.45) is 11.8 Å². The molecular weight excluding hydrogens is 356 g/mol. The molecule has 1 aliphatic rings. The van der Waals surface area contributed by atoms with Gasteiger partial charge in [-0.15, -0.1) is 5.92 Å². The van der Waals surface area contributed by atoms with Gasteiger partial charge in [0.2, 0.25) is 0 Å². The lowest BCUT2D eigenvalue weighted by Crippen LogP contribution is -2.30. The summed E-state index contributed by atoms with van der Waals surface area (Å²) in [6, 6.07) is 6.12. The van der Waals surface area contributed by atoms with Crippen molar-refractivity contribution in [3.8, 4) is 17.6 Å². The molecule has 0 aromatic heterocycles. The maximum absolute atomic E-state index is 12.5. The summed E-state index contributed by atoms with van der Waals surface area (Å²) >= 11 is 0. The smallest absolute Gasteiger partial charge is 0.306 e. The first kappa shape index (κ1) is 20.3. The topological polar surface area (TPSA) is 89.9 Å². The summed E-state index contributed by atoms with van der Waals surface area (Å²) in [7, 11) is -3.55. The van der Waals surface area contributed by atoms with Crippen LogP contribution in [-0.2, 0) is 19.4 Å². The first-order chi connectivity index (χ1) is 12.4. The average molecular weight is 380 g/mol. The zero-order valence-corrected chi connectivity index (χ0v) is 15.6. The van der Waals surface area contributed by atoms with Crippen LogP contribution in [0.2, 0.25) is 0 Å². The molecule has 1 atom stereocenters. The maximum Gasteiger partial charge on any atom is 0.306 e. The molecule has 0 radical (unpaired) electrons. The number of carboxylic acids is 1. The minimum absolute atomic E-state index is 0.0353. The minimum Gasteiger partial charge on any atom is -0.481 e. The van der Waals surface area contributed by atoms with E-state index in [2.05, 4.69) is 11.8 Å². The molecule has 142 valence electrons. The number of carbonyl (C=O) groups is 1. The third-order valence-electron chi connectivity index (χ3n) is 4.52. The molecule has 0 spiro atoms. The van der Waals surface area contributed by atoms with Crippen LogP contribution in [0, 0.1) is 23.7 Å². The van der Waals surface area contributed by atoms with Gasteiger partial charge in [0, 0.05) is 13.2 Å². The van der Waals surface area contributed by atoms with Crippen LogP contribution >= 0.6 is 0 Å².